The molecule has 0 saturated heterocycles. The summed E-state index contributed by atoms with van der Waals surface area (Å²) in [6.07, 6.45) is 0. The monoisotopic (exact) mass is 307 g/mol. The molecule has 0 aliphatic carbocycles. The van der Waals surface area contributed by atoms with Crippen molar-refractivity contribution in [3.8, 4) is 0 Å². The van der Waals surface area contributed by atoms with Gasteiger partial charge in [-0.15, -0.1) is 11.3 Å². The molecule has 0 amide bonds. The first-order valence-electron chi connectivity index (χ1n) is 6.19. The van der Waals surface area contributed by atoms with Gasteiger partial charge in [-0.05, 0) is 12.5 Å². The summed E-state index contributed by atoms with van der Waals surface area (Å²) in [5.74, 6) is -0.486. The zero-order valence-corrected chi connectivity index (χ0v) is 12.1. The normalized spacial score (nSPS) is 10.1. The minimum Gasteiger partial charge on any atom is -0.461 e. The summed E-state index contributed by atoms with van der Waals surface area (Å²) in [6.45, 7) is 2.36. The molecule has 0 unspecified atom stereocenters. The lowest BCUT2D eigenvalue weighted by Crippen LogP contribution is -2.09. The second-order valence-electron chi connectivity index (χ2n) is 4.03. The molecule has 0 fully saturated rings. The average molecular weight is 307 g/mol. The van der Waals surface area contributed by atoms with Crippen molar-refractivity contribution in [3.63, 3.8) is 0 Å². The van der Waals surface area contributed by atoms with E-state index in [1.165, 1.54) is 23.5 Å². The number of nitrogens with one attached hydrogen (secondary N) is 1. The number of anilines is 1. The fraction of sp³-hybridized carbons (Fsp3) is 0.231. The van der Waals surface area contributed by atoms with Crippen LogP contribution in [0.3, 0.4) is 0 Å². The topological polar surface area (TPSA) is 94.4 Å². The molecular formula is C13H13N3O4S. The number of esters is 1. The van der Waals surface area contributed by atoms with Gasteiger partial charge in [0.2, 0.25) is 0 Å². The van der Waals surface area contributed by atoms with E-state index in [-0.39, 0.29) is 18.0 Å². The fourth-order valence-electron chi connectivity index (χ4n) is 1.68. The van der Waals surface area contributed by atoms with Crippen LogP contribution < -0.4 is 5.32 Å². The molecule has 0 aliphatic rings. The van der Waals surface area contributed by atoms with Crippen LogP contribution in [0.1, 0.15) is 23.0 Å². The standard InChI is InChI=1S/C13H13N3O4S/c1-2-20-13(17)11-12(21-8-15-11)14-7-9-4-3-5-10(6-9)16(18)19/h3-6,8,14H,2,7H2,1H3. The third kappa shape index (κ3) is 3.76. The lowest BCUT2D eigenvalue weighted by atomic mass is 10.2. The zero-order chi connectivity index (χ0) is 15.2. The Balaban J connectivity index is 2.07. The van der Waals surface area contributed by atoms with E-state index in [0.29, 0.717) is 11.5 Å². The summed E-state index contributed by atoms with van der Waals surface area (Å²) in [6, 6.07) is 6.30. The third-order valence-corrected chi connectivity index (χ3v) is 3.39. The van der Waals surface area contributed by atoms with E-state index in [2.05, 4.69) is 10.3 Å². The van der Waals surface area contributed by atoms with Gasteiger partial charge in [-0.2, -0.15) is 0 Å². The van der Waals surface area contributed by atoms with Crippen LogP contribution in [-0.4, -0.2) is 22.5 Å². The zero-order valence-electron chi connectivity index (χ0n) is 11.2. The van der Waals surface area contributed by atoms with Gasteiger partial charge >= 0.3 is 5.97 Å². The third-order valence-electron chi connectivity index (χ3n) is 2.61. The van der Waals surface area contributed by atoms with Crippen LogP contribution in [0, 0.1) is 10.1 Å². The van der Waals surface area contributed by atoms with E-state index in [4.69, 9.17) is 4.74 Å². The van der Waals surface area contributed by atoms with Gasteiger partial charge in [0, 0.05) is 18.7 Å². The van der Waals surface area contributed by atoms with Crippen LogP contribution in [0.5, 0.6) is 0 Å². The molecule has 21 heavy (non-hydrogen) atoms. The predicted molar refractivity (Wildman–Crippen MR) is 78.5 cm³/mol. The summed E-state index contributed by atoms with van der Waals surface area (Å²) in [4.78, 5) is 25.9. The van der Waals surface area contributed by atoms with Crippen molar-refractivity contribution in [2.75, 3.05) is 11.9 Å². The van der Waals surface area contributed by atoms with Gasteiger partial charge in [0.25, 0.3) is 5.69 Å². The molecule has 1 aromatic heterocycles. The molecule has 0 radical (unpaired) electrons. The predicted octanol–water partition coefficient (Wildman–Crippen LogP) is 2.84. The van der Waals surface area contributed by atoms with E-state index in [9.17, 15) is 14.9 Å². The van der Waals surface area contributed by atoms with Crippen LogP contribution in [0.2, 0.25) is 0 Å². The number of thiazole rings is 1. The summed E-state index contributed by atoms with van der Waals surface area (Å²) in [5.41, 5.74) is 2.55. The SMILES string of the molecule is CCOC(=O)c1ncsc1NCc1cccc([N+](=O)[O-])c1. The van der Waals surface area contributed by atoms with E-state index in [1.54, 1.807) is 24.6 Å². The summed E-state index contributed by atoms with van der Waals surface area (Å²) < 4.78 is 4.91. The minimum absolute atomic E-state index is 0.0317. The van der Waals surface area contributed by atoms with Crippen molar-refractivity contribution in [2.24, 2.45) is 0 Å². The van der Waals surface area contributed by atoms with Crippen LogP contribution in [0.25, 0.3) is 0 Å². The maximum atomic E-state index is 11.7. The Labute approximate surface area is 124 Å². The number of benzene rings is 1. The number of ether oxygens (including phenoxy) is 1. The molecule has 1 heterocycles. The van der Waals surface area contributed by atoms with Gasteiger partial charge in [-0.3, -0.25) is 10.1 Å². The molecule has 0 saturated carbocycles. The van der Waals surface area contributed by atoms with E-state index in [0.717, 1.165) is 5.56 Å². The second-order valence-corrected chi connectivity index (χ2v) is 4.89. The fourth-order valence-corrected chi connectivity index (χ4v) is 2.35. The average Bonchev–Trinajstić information content (AvgIpc) is 2.94. The van der Waals surface area contributed by atoms with Gasteiger partial charge in [-0.1, -0.05) is 12.1 Å². The molecule has 2 aromatic rings. The highest BCUT2D eigenvalue weighted by Gasteiger charge is 2.16. The van der Waals surface area contributed by atoms with E-state index in [1.807, 2.05) is 0 Å². The number of hydrogen-bond acceptors (Lipinski definition) is 7. The number of nitrogens with zero attached hydrogens (tertiary/aromatic N) is 2. The highest BCUT2D eigenvalue weighted by Crippen LogP contribution is 2.22. The van der Waals surface area contributed by atoms with Crippen molar-refractivity contribution in [1.82, 2.24) is 4.98 Å². The Bertz CT molecular complexity index is 656. The van der Waals surface area contributed by atoms with Crippen molar-refractivity contribution in [1.29, 1.82) is 0 Å². The van der Waals surface area contributed by atoms with Crippen LogP contribution in [-0.2, 0) is 11.3 Å². The molecular weight excluding hydrogens is 294 g/mol. The number of rotatable bonds is 6. The highest BCUT2D eigenvalue weighted by molar-refractivity contribution is 7.14. The molecule has 110 valence electrons. The smallest absolute Gasteiger partial charge is 0.360 e. The van der Waals surface area contributed by atoms with Crippen molar-refractivity contribution >= 4 is 28.0 Å². The number of hydrogen-bond donors (Lipinski definition) is 1. The number of carbonyl (C=O) groups excluding carboxylic acids is 1. The van der Waals surface area contributed by atoms with E-state index < -0.39 is 10.9 Å². The maximum absolute atomic E-state index is 11.7. The van der Waals surface area contributed by atoms with Crippen LogP contribution in [0.15, 0.2) is 29.8 Å². The largest absolute Gasteiger partial charge is 0.461 e. The first-order chi connectivity index (χ1) is 10.1. The molecule has 0 atom stereocenters. The Hall–Kier alpha value is -2.48. The Morgan fingerprint density at radius 1 is 1.52 bits per heavy atom. The van der Waals surface area contributed by atoms with Crippen molar-refractivity contribution in [2.45, 2.75) is 13.5 Å². The Morgan fingerprint density at radius 3 is 3.05 bits per heavy atom. The van der Waals surface area contributed by atoms with Crippen molar-refractivity contribution < 1.29 is 14.5 Å². The first kappa shape index (κ1) is 14.9. The number of carbonyl (C=O) groups is 1. The van der Waals surface area contributed by atoms with Gasteiger partial charge in [-0.25, -0.2) is 9.78 Å². The number of nitro groups is 1. The van der Waals surface area contributed by atoms with Gasteiger partial charge in [0.05, 0.1) is 17.0 Å². The maximum Gasteiger partial charge on any atom is 0.360 e. The van der Waals surface area contributed by atoms with Crippen molar-refractivity contribution in [3.05, 3.63) is 51.1 Å². The van der Waals surface area contributed by atoms with Gasteiger partial charge in [0.15, 0.2) is 5.69 Å². The number of non-ortho nitro benzene ring substituents is 1. The number of aromatic nitrogens is 1. The summed E-state index contributed by atoms with van der Waals surface area (Å²) >= 11 is 1.28. The van der Waals surface area contributed by atoms with E-state index >= 15 is 0 Å². The van der Waals surface area contributed by atoms with Crippen LogP contribution >= 0.6 is 11.3 Å². The quantitative estimate of drug-likeness (QED) is 0.501. The van der Waals surface area contributed by atoms with Crippen LogP contribution in [0.4, 0.5) is 10.7 Å². The highest BCUT2D eigenvalue weighted by atomic mass is 32.1. The minimum atomic E-state index is -0.486. The number of nitro benzene ring substituents is 1. The molecule has 0 bridgehead atoms. The lowest BCUT2D eigenvalue weighted by Gasteiger charge is -2.06. The Morgan fingerprint density at radius 2 is 2.33 bits per heavy atom. The molecule has 8 heteroatoms. The molecule has 1 aromatic carbocycles. The second kappa shape index (κ2) is 6.80. The molecule has 7 nitrogen and oxygen atoms in total. The first-order valence-corrected chi connectivity index (χ1v) is 7.07. The molecule has 0 spiro atoms. The molecule has 2 rings (SSSR count). The Kier molecular flexibility index (Phi) is 4.83. The summed E-state index contributed by atoms with van der Waals surface area (Å²) in [5, 5.41) is 14.3. The lowest BCUT2D eigenvalue weighted by molar-refractivity contribution is -0.384. The van der Waals surface area contributed by atoms with Gasteiger partial charge < -0.3 is 10.1 Å². The van der Waals surface area contributed by atoms with Gasteiger partial charge in [0.1, 0.15) is 5.00 Å². The summed E-state index contributed by atoms with van der Waals surface area (Å²) in [7, 11) is 0. The molecule has 1 N–H and O–H groups in total. The molecule has 0 aliphatic heterocycles.